The van der Waals surface area contributed by atoms with Crippen LogP contribution in [0, 0.1) is 0 Å². The number of halogens is 1. The highest BCUT2D eigenvalue weighted by Crippen LogP contribution is 2.30. The SMILES string of the molecule is COc1ccc(-c2noc([C@H]3CCN(Cc4ccccc4Cl)C3)n2)cc1. The Kier molecular flexibility index (Phi) is 4.91. The third-order valence-electron chi connectivity index (χ3n) is 4.76. The molecule has 2 aromatic carbocycles. The molecule has 5 nitrogen and oxygen atoms in total. The van der Waals surface area contributed by atoms with Gasteiger partial charge in [0.25, 0.3) is 0 Å². The third-order valence-corrected chi connectivity index (χ3v) is 5.13. The van der Waals surface area contributed by atoms with Crippen LogP contribution in [0.15, 0.2) is 53.1 Å². The molecule has 4 rings (SSSR count). The van der Waals surface area contributed by atoms with Crippen LogP contribution >= 0.6 is 11.6 Å². The van der Waals surface area contributed by atoms with E-state index < -0.39 is 0 Å². The molecule has 0 bridgehead atoms. The van der Waals surface area contributed by atoms with Gasteiger partial charge in [0, 0.05) is 23.7 Å². The van der Waals surface area contributed by atoms with Gasteiger partial charge in [-0.15, -0.1) is 0 Å². The predicted molar refractivity (Wildman–Crippen MR) is 100 cm³/mol. The van der Waals surface area contributed by atoms with E-state index in [4.69, 9.17) is 20.9 Å². The van der Waals surface area contributed by atoms with Gasteiger partial charge < -0.3 is 9.26 Å². The Labute approximate surface area is 157 Å². The van der Waals surface area contributed by atoms with Gasteiger partial charge in [-0.2, -0.15) is 4.98 Å². The summed E-state index contributed by atoms with van der Waals surface area (Å²) in [6.45, 7) is 2.74. The summed E-state index contributed by atoms with van der Waals surface area (Å²) in [6.07, 6.45) is 1.01. The summed E-state index contributed by atoms with van der Waals surface area (Å²) < 4.78 is 10.7. The Hall–Kier alpha value is -2.37. The van der Waals surface area contributed by atoms with E-state index in [-0.39, 0.29) is 5.92 Å². The van der Waals surface area contributed by atoms with E-state index in [1.54, 1.807) is 7.11 Å². The summed E-state index contributed by atoms with van der Waals surface area (Å²) in [4.78, 5) is 6.98. The van der Waals surface area contributed by atoms with Gasteiger partial charge in [0.15, 0.2) is 0 Å². The number of aromatic nitrogens is 2. The minimum Gasteiger partial charge on any atom is -0.497 e. The van der Waals surface area contributed by atoms with Crippen molar-refractivity contribution in [3.05, 3.63) is 65.0 Å². The van der Waals surface area contributed by atoms with Gasteiger partial charge in [-0.25, -0.2) is 0 Å². The summed E-state index contributed by atoms with van der Waals surface area (Å²) in [5.74, 6) is 2.39. The molecule has 0 spiro atoms. The number of rotatable bonds is 5. The van der Waals surface area contributed by atoms with Crippen molar-refractivity contribution in [2.24, 2.45) is 0 Å². The molecule has 0 N–H and O–H groups in total. The lowest BCUT2D eigenvalue weighted by Gasteiger charge is -2.16. The van der Waals surface area contributed by atoms with Gasteiger partial charge in [-0.3, -0.25) is 4.90 Å². The van der Waals surface area contributed by atoms with Crippen molar-refractivity contribution >= 4 is 11.6 Å². The Bertz CT molecular complexity index is 879. The summed E-state index contributed by atoms with van der Waals surface area (Å²) in [6, 6.07) is 15.6. The molecule has 2 heterocycles. The maximum Gasteiger partial charge on any atom is 0.231 e. The first kappa shape index (κ1) is 17.1. The van der Waals surface area contributed by atoms with Crippen LogP contribution in [0.3, 0.4) is 0 Å². The maximum atomic E-state index is 6.27. The molecule has 6 heteroatoms. The van der Waals surface area contributed by atoms with Gasteiger partial charge in [0.1, 0.15) is 5.75 Å². The topological polar surface area (TPSA) is 51.4 Å². The van der Waals surface area contributed by atoms with Gasteiger partial charge in [-0.1, -0.05) is 35.0 Å². The van der Waals surface area contributed by atoms with Crippen molar-refractivity contribution in [2.75, 3.05) is 20.2 Å². The first-order chi connectivity index (χ1) is 12.7. The van der Waals surface area contributed by atoms with Crippen LogP contribution in [0.2, 0.25) is 5.02 Å². The summed E-state index contributed by atoms with van der Waals surface area (Å²) >= 11 is 6.27. The van der Waals surface area contributed by atoms with Crippen molar-refractivity contribution in [1.82, 2.24) is 15.0 Å². The number of benzene rings is 2. The molecule has 0 amide bonds. The molecule has 1 aliphatic heterocycles. The molecular formula is C20H20ClN3O2. The van der Waals surface area contributed by atoms with Crippen molar-refractivity contribution in [3.63, 3.8) is 0 Å². The van der Waals surface area contributed by atoms with E-state index in [2.05, 4.69) is 21.1 Å². The number of hydrogen-bond acceptors (Lipinski definition) is 5. The highest BCUT2D eigenvalue weighted by atomic mass is 35.5. The van der Waals surface area contributed by atoms with E-state index in [1.165, 1.54) is 0 Å². The fraction of sp³-hybridized carbons (Fsp3) is 0.300. The lowest BCUT2D eigenvalue weighted by Crippen LogP contribution is -2.20. The maximum absolute atomic E-state index is 6.27. The Morgan fingerprint density at radius 2 is 2.00 bits per heavy atom. The normalized spacial score (nSPS) is 17.5. The molecule has 1 aromatic heterocycles. The van der Waals surface area contributed by atoms with Crippen LogP contribution in [0.1, 0.15) is 23.8 Å². The zero-order valence-electron chi connectivity index (χ0n) is 14.6. The van der Waals surface area contributed by atoms with E-state index in [0.29, 0.717) is 11.7 Å². The molecule has 1 saturated heterocycles. The number of nitrogens with zero attached hydrogens (tertiary/aromatic N) is 3. The molecule has 1 atom stereocenters. The number of likely N-dealkylation sites (tertiary alicyclic amines) is 1. The molecule has 0 radical (unpaired) electrons. The quantitative estimate of drug-likeness (QED) is 0.667. The molecular weight excluding hydrogens is 350 g/mol. The van der Waals surface area contributed by atoms with Crippen molar-refractivity contribution in [2.45, 2.75) is 18.9 Å². The summed E-state index contributed by atoms with van der Waals surface area (Å²) in [5, 5.41) is 4.96. The minimum atomic E-state index is 0.261. The molecule has 0 saturated carbocycles. The zero-order valence-corrected chi connectivity index (χ0v) is 15.3. The Balaban J connectivity index is 1.43. The summed E-state index contributed by atoms with van der Waals surface area (Å²) in [7, 11) is 1.65. The second-order valence-corrected chi connectivity index (χ2v) is 6.90. The Morgan fingerprint density at radius 1 is 1.19 bits per heavy atom. The smallest absolute Gasteiger partial charge is 0.231 e. The van der Waals surface area contributed by atoms with Crippen LogP contribution in [-0.2, 0) is 6.54 Å². The van der Waals surface area contributed by atoms with Crippen molar-refractivity contribution in [3.8, 4) is 17.1 Å². The minimum absolute atomic E-state index is 0.261. The standard InChI is InChI=1S/C20H20ClN3O2/c1-25-17-8-6-14(7-9-17)19-22-20(26-23-19)16-10-11-24(13-16)12-15-4-2-3-5-18(15)21/h2-9,16H,10-13H2,1H3/t16-/m0/s1. The monoisotopic (exact) mass is 369 g/mol. The molecule has 0 aliphatic carbocycles. The Morgan fingerprint density at radius 3 is 2.77 bits per heavy atom. The van der Waals surface area contributed by atoms with Crippen molar-refractivity contribution in [1.29, 1.82) is 0 Å². The van der Waals surface area contributed by atoms with Crippen LogP contribution < -0.4 is 4.74 Å². The van der Waals surface area contributed by atoms with Crippen LogP contribution in [0.25, 0.3) is 11.4 Å². The van der Waals surface area contributed by atoms with Crippen LogP contribution in [0.4, 0.5) is 0 Å². The van der Waals surface area contributed by atoms with Crippen LogP contribution in [-0.4, -0.2) is 35.2 Å². The number of methoxy groups -OCH3 is 1. The van der Waals surface area contributed by atoms with Gasteiger partial charge in [0.05, 0.1) is 13.0 Å². The average molecular weight is 370 g/mol. The zero-order chi connectivity index (χ0) is 17.9. The fourth-order valence-electron chi connectivity index (χ4n) is 3.30. The summed E-state index contributed by atoms with van der Waals surface area (Å²) in [5.41, 5.74) is 2.07. The second-order valence-electron chi connectivity index (χ2n) is 6.50. The van der Waals surface area contributed by atoms with E-state index >= 15 is 0 Å². The predicted octanol–water partition coefficient (Wildman–Crippen LogP) is 4.39. The first-order valence-electron chi connectivity index (χ1n) is 8.66. The highest BCUT2D eigenvalue weighted by molar-refractivity contribution is 6.31. The fourth-order valence-corrected chi connectivity index (χ4v) is 3.50. The lowest BCUT2D eigenvalue weighted by molar-refractivity contribution is 0.309. The van der Waals surface area contributed by atoms with E-state index in [1.807, 2.05) is 42.5 Å². The first-order valence-corrected chi connectivity index (χ1v) is 9.04. The lowest BCUT2D eigenvalue weighted by atomic mass is 10.1. The highest BCUT2D eigenvalue weighted by Gasteiger charge is 2.28. The van der Waals surface area contributed by atoms with Gasteiger partial charge in [0.2, 0.25) is 11.7 Å². The number of hydrogen-bond donors (Lipinski definition) is 0. The van der Waals surface area contributed by atoms with E-state index in [9.17, 15) is 0 Å². The van der Waals surface area contributed by atoms with Gasteiger partial charge in [-0.05, 0) is 48.9 Å². The molecule has 1 aliphatic rings. The molecule has 1 fully saturated rings. The van der Waals surface area contributed by atoms with Gasteiger partial charge >= 0.3 is 0 Å². The molecule has 26 heavy (non-hydrogen) atoms. The van der Waals surface area contributed by atoms with Crippen LogP contribution in [0.5, 0.6) is 5.75 Å². The molecule has 134 valence electrons. The molecule has 0 unspecified atom stereocenters. The number of ether oxygens (including phenoxy) is 1. The second kappa shape index (κ2) is 7.48. The molecule has 3 aromatic rings. The average Bonchev–Trinajstić information content (AvgIpc) is 3.33. The van der Waals surface area contributed by atoms with E-state index in [0.717, 1.165) is 48.0 Å². The third kappa shape index (κ3) is 3.59. The van der Waals surface area contributed by atoms with Crippen molar-refractivity contribution < 1.29 is 9.26 Å². The largest absolute Gasteiger partial charge is 0.497 e.